The number of aliphatic hydroxyl groups excluding tert-OH is 1. The van der Waals surface area contributed by atoms with E-state index in [1.54, 1.807) is 0 Å². The van der Waals surface area contributed by atoms with Crippen LogP contribution in [0.3, 0.4) is 0 Å². The van der Waals surface area contributed by atoms with E-state index in [0.29, 0.717) is 0 Å². The Balaban J connectivity index is 2.01. The summed E-state index contributed by atoms with van der Waals surface area (Å²) in [6.07, 6.45) is 3.88. The molecule has 0 bridgehead atoms. The van der Waals surface area contributed by atoms with E-state index >= 15 is 0 Å². The summed E-state index contributed by atoms with van der Waals surface area (Å²) in [5.41, 5.74) is 2.55. The minimum Gasteiger partial charge on any atom is -0.388 e. The molecule has 0 aliphatic carbocycles. The Morgan fingerprint density at radius 1 is 1.32 bits per heavy atom. The van der Waals surface area contributed by atoms with Gasteiger partial charge >= 0.3 is 0 Å². The van der Waals surface area contributed by atoms with Gasteiger partial charge in [0.2, 0.25) is 0 Å². The Bertz CT molecular complexity index is 388. The standard InChI is InChI=1S/C17H26O2/c1-4-17(2,3)14-9-7-13(8-10-14)16(18)12-15-6-5-11-19-15/h7-10,15-16,18H,4-6,11-12H2,1-3H3. The molecule has 2 unspecified atom stereocenters. The maximum Gasteiger partial charge on any atom is 0.0814 e. The van der Waals surface area contributed by atoms with Gasteiger partial charge in [0, 0.05) is 13.0 Å². The molecule has 2 atom stereocenters. The van der Waals surface area contributed by atoms with Crippen LogP contribution in [0.1, 0.15) is 63.7 Å². The lowest BCUT2D eigenvalue weighted by Gasteiger charge is -2.24. The fourth-order valence-corrected chi connectivity index (χ4v) is 2.58. The van der Waals surface area contributed by atoms with Crippen LogP contribution in [0.2, 0.25) is 0 Å². The van der Waals surface area contributed by atoms with Gasteiger partial charge in [-0.05, 0) is 35.8 Å². The smallest absolute Gasteiger partial charge is 0.0814 e. The second-order valence-corrected chi connectivity index (χ2v) is 6.25. The molecule has 0 radical (unpaired) electrons. The number of hydrogen-bond donors (Lipinski definition) is 1. The van der Waals surface area contributed by atoms with E-state index in [-0.39, 0.29) is 11.5 Å². The molecule has 19 heavy (non-hydrogen) atoms. The molecule has 0 aromatic heterocycles. The first-order chi connectivity index (χ1) is 9.03. The zero-order valence-electron chi connectivity index (χ0n) is 12.4. The first kappa shape index (κ1) is 14.5. The molecule has 1 aromatic carbocycles. The summed E-state index contributed by atoms with van der Waals surface area (Å²) >= 11 is 0. The van der Waals surface area contributed by atoms with Gasteiger partial charge in [-0.25, -0.2) is 0 Å². The first-order valence-corrected chi connectivity index (χ1v) is 7.43. The maximum absolute atomic E-state index is 10.3. The average molecular weight is 262 g/mol. The molecule has 0 saturated carbocycles. The monoisotopic (exact) mass is 262 g/mol. The summed E-state index contributed by atoms with van der Waals surface area (Å²) in [6.45, 7) is 7.57. The van der Waals surface area contributed by atoms with Crippen LogP contribution in [0.4, 0.5) is 0 Å². The number of rotatable bonds is 5. The minimum absolute atomic E-state index is 0.206. The van der Waals surface area contributed by atoms with Gasteiger partial charge in [-0.15, -0.1) is 0 Å². The minimum atomic E-state index is -0.401. The fraction of sp³-hybridized carbons (Fsp3) is 0.647. The van der Waals surface area contributed by atoms with Gasteiger partial charge in [0.15, 0.2) is 0 Å². The summed E-state index contributed by atoms with van der Waals surface area (Å²) in [5.74, 6) is 0. The zero-order chi connectivity index (χ0) is 13.9. The fourth-order valence-electron chi connectivity index (χ4n) is 2.58. The molecule has 1 fully saturated rings. The van der Waals surface area contributed by atoms with Crippen molar-refractivity contribution in [2.45, 2.75) is 64.1 Å². The lowest BCUT2D eigenvalue weighted by molar-refractivity contribution is 0.0535. The maximum atomic E-state index is 10.3. The van der Waals surface area contributed by atoms with E-state index in [2.05, 4.69) is 45.0 Å². The van der Waals surface area contributed by atoms with Gasteiger partial charge in [0.1, 0.15) is 0 Å². The third kappa shape index (κ3) is 3.58. The first-order valence-electron chi connectivity index (χ1n) is 7.43. The molecule has 0 amide bonds. The van der Waals surface area contributed by atoms with Crippen molar-refractivity contribution in [1.82, 2.24) is 0 Å². The molecular weight excluding hydrogens is 236 g/mol. The topological polar surface area (TPSA) is 29.5 Å². The van der Waals surface area contributed by atoms with Crippen LogP contribution in [0, 0.1) is 0 Å². The summed E-state index contributed by atoms with van der Waals surface area (Å²) in [5, 5.41) is 10.3. The normalized spacial score (nSPS) is 21.6. The summed E-state index contributed by atoms with van der Waals surface area (Å²) < 4.78 is 5.58. The summed E-state index contributed by atoms with van der Waals surface area (Å²) in [6, 6.07) is 8.42. The van der Waals surface area contributed by atoms with E-state index in [4.69, 9.17) is 4.74 Å². The summed E-state index contributed by atoms with van der Waals surface area (Å²) in [7, 11) is 0. The number of aliphatic hydroxyl groups is 1. The quantitative estimate of drug-likeness (QED) is 0.870. The molecule has 1 heterocycles. The SMILES string of the molecule is CCC(C)(C)c1ccc(C(O)CC2CCCO2)cc1. The van der Waals surface area contributed by atoms with E-state index in [0.717, 1.165) is 37.9 Å². The molecule has 1 aliphatic heterocycles. The van der Waals surface area contributed by atoms with Crippen molar-refractivity contribution in [3.8, 4) is 0 Å². The average Bonchev–Trinajstić information content (AvgIpc) is 2.91. The van der Waals surface area contributed by atoms with Crippen LogP contribution in [0.5, 0.6) is 0 Å². The molecule has 1 aromatic rings. The van der Waals surface area contributed by atoms with Gasteiger partial charge in [0.25, 0.3) is 0 Å². The van der Waals surface area contributed by atoms with Crippen LogP contribution in [0.25, 0.3) is 0 Å². The van der Waals surface area contributed by atoms with Crippen LogP contribution in [-0.4, -0.2) is 17.8 Å². The van der Waals surface area contributed by atoms with Crippen molar-refractivity contribution in [2.24, 2.45) is 0 Å². The highest BCUT2D eigenvalue weighted by molar-refractivity contribution is 5.29. The van der Waals surface area contributed by atoms with Gasteiger partial charge in [-0.1, -0.05) is 45.0 Å². The molecule has 2 heteroatoms. The second-order valence-electron chi connectivity index (χ2n) is 6.25. The molecule has 1 aliphatic rings. The van der Waals surface area contributed by atoms with Crippen molar-refractivity contribution >= 4 is 0 Å². The number of hydrogen-bond acceptors (Lipinski definition) is 2. The van der Waals surface area contributed by atoms with Crippen LogP contribution in [0.15, 0.2) is 24.3 Å². The predicted octanol–water partition coefficient (Wildman–Crippen LogP) is 3.98. The van der Waals surface area contributed by atoms with E-state index < -0.39 is 6.10 Å². The van der Waals surface area contributed by atoms with Crippen LogP contribution in [-0.2, 0) is 10.2 Å². The largest absolute Gasteiger partial charge is 0.388 e. The van der Waals surface area contributed by atoms with Gasteiger partial charge in [-0.2, -0.15) is 0 Å². The highest BCUT2D eigenvalue weighted by Gasteiger charge is 2.21. The van der Waals surface area contributed by atoms with E-state index in [1.165, 1.54) is 5.56 Å². The van der Waals surface area contributed by atoms with Gasteiger partial charge in [-0.3, -0.25) is 0 Å². The zero-order valence-corrected chi connectivity index (χ0v) is 12.4. The predicted molar refractivity (Wildman–Crippen MR) is 78.3 cm³/mol. The van der Waals surface area contributed by atoms with Gasteiger partial charge < -0.3 is 9.84 Å². The Hall–Kier alpha value is -0.860. The lowest BCUT2D eigenvalue weighted by Crippen LogP contribution is -2.16. The van der Waals surface area contributed by atoms with Crippen LogP contribution >= 0.6 is 0 Å². The summed E-state index contributed by atoms with van der Waals surface area (Å²) in [4.78, 5) is 0. The lowest BCUT2D eigenvalue weighted by atomic mass is 9.82. The third-order valence-electron chi connectivity index (χ3n) is 4.47. The number of ether oxygens (including phenoxy) is 1. The molecule has 2 nitrogen and oxygen atoms in total. The molecule has 1 N–H and O–H groups in total. The second kappa shape index (κ2) is 6.06. The third-order valence-corrected chi connectivity index (χ3v) is 4.47. The highest BCUT2D eigenvalue weighted by atomic mass is 16.5. The van der Waals surface area contributed by atoms with E-state index in [1.807, 2.05) is 0 Å². The molecule has 2 rings (SSSR count). The van der Waals surface area contributed by atoms with Crippen LogP contribution < -0.4 is 0 Å². The molecular formula is C17H26O2. The van der Waals surface area contributed by atoms with Crippen molar-refractivity contribution in [3.63, 3.8) is 0 Å². The molecule has 1 saturated heterocycles. The molecule has 106 valence electrons. The van der Waals surface area contributed by atoms with E-state index in [9.17, 15) is 5.11 Å². The highest BCUT2D eigenvalue weighted by Crippen LogP contribution is 2.29. The Morgan fingerprint density at radius 2 is 2.00 bits per heavy atom. The molecule has 0 spiro atoms. The Morgan fingerprint density at radius 3 is 2.53 bits per heavy atom. The van der Waals surface area contributed by atoms with Crippen molar-refractivity contribution in [3.05, 3.63) is 35.4 Å². The Kier molecular flexibility index (Phi) is 4.64. The van der Waals surface area contributed by atoms with Crippen molar-refractivity contribution in [2.75, 3.05) is 6.61 Å². The van der Waals surface area contributed by atoms with Crippen molar-refractivity contribution in [1.29, 1.82) is 0 Å². The Labute approximate surface area is 116 Å². The van der Waals surface area contributed by atoms with Gasteiger partial charge in [0.05, 0.1) is 12.2 Å². The number of benzene rings is 1. The van der Waals surface area contributed by atoms with Crippen molar-refractivity contribution < 1.29 is 9.84 Å².